The third-order valence-corrected chi connectivity index (χ3v) is 3.08. The molecule has 2 aromatic heterocycles. The first-order chi connectivity index (χ1) is 5.70. The summed E-state index contributed by atoms with van der Waals surface area (Å²) in [6, 6.07) is 2.02. The second-order valence-electron chi connectivity index (χ2n) is 2.22. The largest absolute Gasteiger partial charge is 0.382 e. The molecule has 0 atom stereocenters. The highest BCUT2D eigenvalue weighted by Crippen LogP contribution is 2.22. The SMILES string of the molecule is Nc1ncnn2c(I)cc(I)c12. The van der Waals surface area contributed by atoms with E-state index in [1.165, 1.54) is 6.33 Å². The number of halogens is 2. The van der Waals surface area contributed by atoms with E-state index in [0.29, 0.717) is 5.82 Å². The van der Waals surface area contributed by atoms with E-state index in [1.807, 2.05) is 6.07 Å². The molecule has 0 aromatic carbocycles. The fraction of sp³-hybridized carbons (Fsp3) is 0. The highest BCUT2D eigenvalue weighted by molar-refractivity contribution is 14.1. The van der Waals surface area contributed by atoms with Crippen molar-refractivity contribution in [1.82, 2.24) is 14.6 Å². The van der Waals surface area contributed by atoms with Crippen LogP contribution in [0.1, 0.15) is 0 Å². The topological polar surface area (TPSA) is 56.2 Å². The van der Waals surface area contributed by atoms with Crippen molar-refractivity contribution in [3.63, 3.8) is 0 Å². The second kappa shape index (κ2) is 2.98. The number of rotatable bonds is 0. The van der Waals surface area contributed by atoms with Gasteiger partial charge in [0.25, 0.3) is 0 Å². The van der Waals surface area contributed by atoms with Gasteiger partial charge in [-0.05, 0) is 51.2 Å². The molecular weight excluding hydrogens is 382 g/mol. The van der Waals surface area contributed by atoms with E-state index in [2.05, 4.69) is 55.3 Å². The van der Waals surface area contributed by atoms with Crippen molar-refractivity contribution in [2.45, 2.75) is 0 Å². The van der Waals surface area contributed by atoms with Gasteiger partial charge in [-0.25, -0.2) is 9.50 Å². The Morgan fingerprint density at radius 3 is 2.83 bits per heavy atom. The number of nitrogen functional groups attached to an aromatic ring is 1. The Hall–Kier alpha value is -0.120. The molecule has 0 aliphatic rings. The van der Waals surface area contributed by atoms with Crippen molar-refractivity contribution in [2.24, 2.45) is 0 Å². The molecule has 0 spiro atoms. The number of hydrogen-bond donors (Lipinski definition) is 1. The van der Waals surface area contributed by atoms with Gasteiger partial charge in [-0.15, -0.1) is 0 Å². The average molecular weight is 386 g/mol. The Kier molecular flexibility index (Phi) is 2.10. The third-order valence-electron chi connectivity index (χ3n) is 1.49. The summed E-state index contributed by atoms with van der Waals surface area (Å²) in [5, 5.41) is 4.08. The molecule has 0 aliphatic heterocycles. The minimum absolute atomic E-state index is 0.525. The zero-order chi connectivity index (χ0) is 8.72. The molecule has 62 valence electrons. The molecule has 2 aromatic rings. The van der Waals surface area contributed by atoms with Crippen LogP contribution in [-0.4, -0.2) is 14.6 Å². The van der Waals surface area contributed by atoms with Gasteiger partial charge in [-0.1, -0.05) is 0 Å². The van der Waals surface area contributed by atoms with Crippen LogP contribution in [0.3, 0.4) is 0 Å². The molecule has 0 bridgehead atoms. The molecule has 6 heteroatoms. The van der Waals surface area contributed by atoms with Crippen LogP contribution in [0.25, 0.3) is 5.52 Å². The summed E-state index contributed by atoms with van der Waals surface area (Å²) in [6.45, 7) is 0. The third kappa shape index (κ3) is 1.16. The summed E-state index contributed by atoms with van der Waals surface area (Å²) in [6.07, 6.45) is 1.46. The molecule has 0 saturated carbocycles. The molecule has 0 saturated heterocycles. The number of aromatic nitrogens is 3. The molecular formula is C6H4I2N4. The fourth-order valence-corrected chi connectivity index (χ4v) is 3.06. The van der Waals surface area contributed by atoms with Crippen molar-refractivity contribution in [2.75, 3.05) is 5.73 Å². The van der Waals surface area contributed by atoms with Gasteiger partial charge in [0.15, 0.2) is 5.82 Å². The highest BCUT2D eigenvalue weighted by atomic mass is 127. The summed E-state index contributed by atoms with van der Waals surface area (Å²) < 4.78 is 3.90. The Balaban J connectivity index is 2.99. The van der Waals surface area contributed by atoms with Gasteiger partial charge in [0.05, 0.1) is 0 Å². The second-order valence-corrected chi connectivity index (χ2v) is 4.49. The Morgan fingerprint density at radius 1 is 1.42 bits per heavy atom. The van der Waals surface area contributed by atoms with Gasteiger partial charge >= 0.3 is 0 Å². The van der Waals surface area contributed by atoms with Crippen LogP contribution in [0.5, 0.6) is 0 Å². The standard InChI is InChI=1S/C6H4I2N4/c7-3-1-4(8)12-5(3)6(9)10-2-11-12/h1-2H,(H2,9,10,11). The number of hydrogen-bond acceptors (Lipinski definition) is 3. The lowest BCUT2D eigenvalue weighted by molar-refractivity contribution is 0.887. The van der Waals surface area contributed by atoms with Gasteiger partial charge in [0.1, 0.15) is 15.5 Å². The van der Waals surface area contributed by atoms with E-state index in [1.54, 1.807) is 4.52 Å². The van der Waals surface area contributed by atoms with E-state index in [4.69, 9.17) is 5.73 Å². The predicted molar refractivity (Wildman–Crippen MR) is 62.8 cm³/mol. The summed E-state index contributed by atoms with van der Waals surface area (Å²) in [4.78, 5) is 3.92. The molecule has 0 unspecified atom stereocenters. The van der Waals surface area contributed by atoms with Crippen LogP contribution in [0.15, 0.2) is 12.4 Å². The first-order valence-electron chi connectivity index (χ1n) is 3.13. The zero-order valence-electron chi connectivity index (χ0n) is 5.83. The van der Waals surface area contributed by atoms with Crippen LogP contribution in [-0.2, 0) is 0 Å². The lowest BCUT2D eigenvalue weighted by Crippen LogP contribution is -2.00. The van der Waals surface area contributed by atoms with Crippen molar-refractivity contribution >= 4 is 56.5 Å². The monoisotopic (exact) mass is 386 g/mol. The molecule has 0 radical (unpaired) electrons. The summed E-state index contributed by atoms with van der Waals surface area (Å²) in [5.74, 6) is 0.525. The summed E-state index contributed by atoms with van der Waals surface area (Å²) in [5.41, 5.74) is 6.58. The van der Waals surface area contributed by atoms with Crippen LogP contribution >= 0.6 is 45.2 Å². The molecule has 0 fully saturated rings. The predicted octanol–water partition coefficient (Wildman–Crippen LogP) is 1.52. The van der Waals surface area contributed by atoms with E-state index < -0.39 is 0 Å². The minimum Gasteiger partial charge on any atom is -0.382 e. The lowest BCUT2D eigenvalue weighted by Gasteiger charge is -1.96. The van der Waals surface area contributed by atoms with E-state index in [9.17, 15) is 0 Å². The number of fused-ring (bicyclic) bond motifs is 1. The van der Waals surface area contributed by atoms with Crippen molar-refractivity contribution in [3.05, 3.63) is 19.7 Å². The van der Waals surface area contributed by atoms with E-state index in [-0.39, 0.29) is 0 Å². The molecule has 0 amide bonds. The normalized spacial score (nSPS) is 10.8. The Bertz CT molecular complexity index is 436. The van der Waals surface area contributed by atoms with Crippen LogP contribution in [0, 0.1) is 7.27 Å². The van der Waals surface area contributed by atoms with Crippen LogP contribution in [0.2, 0.25) is 0 Å². The molecule has 0 aliphatic carbocycles. The highest BCUT2D eigenvalue weighted by Gasteiger charge is 2.08. The number of nitrogens with zero attached hydrogens (tertiary/aromatic N) is 3. The maximum Gasteiger partial charge on any atom is 0.152 e. The van der Waals surface area contributed by atoms with Crippen molar-refractivity contribution in [3.8, 4) is 0 Å². The summed E-state index contributed by atoms with van der Waals surface area (Å²) in [7, 11) is 0. The van der Waals surface area contributed by atoms with Crippen molar-refractivity contribution < 1.29 is 0 Å². The van der Waals surface area contributed by atoms with Gasteiger partial charge < -0.3 is 5.73 Å². The minimum atomic E-state index is 0.525. The molecule has 2 rings (SSSR count). The first-order valence-corrected chi connectivity index (χ1v) is 5.29. The van der Waals surface area contributed by atoms with Gasteiger partial charge in [-0.2, -0.15) is 5.10 Å². The van der Waals surface area contributed by atoms with Gasteiger partial charge in [-0.3, -0.25) is 0 Å². The Labute approximate surface area is 95.8 Å². The average Bonchev–Trinajstić information content (AvgIpc) is 2.29. The molecule has 2 heterocycles. The zero-order valence-corrected chi connectivity index (χ0v) is 10.1. The van der Waals surface area contributed by atoms with Crippen LogP contribution < -0.4 is 5.73 Å². The van der Waals surface area contributed by atoms with Crippen molar-refractivity contribution in [1.29, 1.82) is 0 Å². The maximum absolute atomic E-state index is 5.69. The fourth-order valence-electron chi connectivity index (χ4n) is 0.987. The summed E-state index contributed by atoms with van der Waals surface area (Å²) >= 11 is 4.43. The molecule has 2 N–H and O–H groups in total. The van der Waals surface area contributed by atoms with Gasteiger partial charge in [0.2, 0.25) is 0 Å². The Morgan fingerprint density at radius 2 is 2.17 bits per heavy atom. The maximum atomic E-state index is 5.69. The van der Waals surface area contributed by atoms with E-state index in [0.717, 1.165) is 12.8 Å². The first kappa shape index (κ1) is 8.48. The molecule has 12 heavy (non-hydrogen) atoms. The lowest BCUT2D eigenvalue weighted by atomic mass is 10.5. The van der Waals surface area contributed by atoms with E-state index >= 15 is 0 Å². The number of nitrogens with two attached hydrogens (primary N) is 1. The quantitative estimate of drug-likeness (QED) is 0.699. The van der Waals surface area contributed by atoms with Crippen LogP contribution in [0.4, 0.5) is 5.82 Å². The number of anilines is 1. The van der Waals surface area contributed by atoms with Gasteiger partial charge in [0, 0.05) is 3.57 Å². The molecule has 4 nitrogen and oxygen atoms in total. The smallest absolute Gasteiger partial charge is 0.152 e.